The van der Waals surface area contributed by atoms with Crippen LogP contribution in [-0.2, 0) is 14.6 Å². The predicted molar refractivity (Wildman–Crippen MR) is 78.3 cm³/mol. The van der Waals surface area contributed by atoms with Crippen LogP contribution in [0.5, 0.6) is 0 Å². The monoisotopic (exact) mass is 303 g/mol. The van der Waals surface area contributed by atoms with Gasteiger partial charge in [-0.05, 0) is 32.4 Å². The summed E-state index contributed by atoms with van der Waals surface area (Å²) in [5.41, 5.74) is 0. The third-order valence-electron chi connectivity index (χ3n) is 4.17. The fraction of sp³-hybridized carbons (Fsp3) is 0.923. The van der Waals surface area contributed by atoms with Crippen molar-refractivity contribution < 1.29 is 13.2 Å². The van der Waals surface area contributed by atoms with E-state index >= 15 is 0 Å². The Kier molecular flexibility index (Phi) is 5.40. The SMILES string of the molecule is CS(=O)(=O)C1CCNC(CC(=O)N2CCCNCC2)C1. The first-order valence-electron chi connectivity index (χ1n) is 7.37. The summed E-state index contributed by atoms with van der Waals surface area (Å²) in [7, 11) is -3.00. The van der Waals surface area contributed by atoms with E-state index in [0.717, 1.165) is 32.6 Å². The van der Waals surface area contributed by atoms with E-state index in [9.17, 15) is 13.2 Å². The third-order valence-corrected chi connectivity index (χ3v) is 5.81. The average molecular weight is 303 g/mol. The molecule has 2 aliphatic rings. The quantitative estimate of drug-likeness (QED) is 0.725. The lowest BCUT2D eigenvalue weighted by Gasteiger charge is -2.30. The van der Waals surface area contributed by atoms with Crippen LogP contribution in [-0.4, -0.2) is 69.5 Å². The molecule has 0 aliphatic carbocycles. The summed E-state index contributed by atoms with van der Waals surface area (Å²) in [5, 5.41) is 6.25. The minimum Gasteiger partial charge on any atom is -0.341 e. The number of hydrogen-bond acceptors (Lipinski definition) is 5. The number of nitrogens with one attached hydrogen (secondary N) is 2. The first-order valence-corrected chi connectivity index (χ1v) is 9.33. The van der Waals surface area contributed by atoms with Gasteiger partial charge in [0.15, 0.2) is 0 Å². The molecule has 2 N–H and O–H groups in total. The Balaban J connectivity index is 1.87. The van der Waals surface area contributed by atoms with E-state index in [-0.39, 0.29) is 17.2 Å². The zero-order valence-electron chi connectivity index (χ0n) is 12.1. The number of carbonyl (C=O) groups excluding carboxylic acids is 1. The zero-order chi connectivity index (χ0) is 14.6. The first-order chi connectivity index (χ1) is 9.47. The first kappa shape index (κ1) is 15.7. The molecule has 0 saturated carbocycles. The van der Waals surface area contributed by atoms with Crippen molar-refractivity contribution in [2.45, 2.75) is 37.0 Å². The van der Waals surface area contributed by atoms with Gasteiger partial charge in [0, 0.05) is 38.4 Å². The molecule has 2 atom stereocenters. The van der Waals surface area contributed by atoms with Crippen LogP contribution in [0.2, 0.25) is 0 Å². The Morgan fingerprint density at radius 2 is 2.05 bits per heavy atom. The highest BCUT2D eigenvalue weighted by molar-refractivity contribution is 7.91. The molecular formula is C13H25N3O3S. The lowest BCUT2D eigenvalue weighted by molar-refractivity contribution is -0.131. The van der Waals surface area contributed by atoms with Crippen molar-refractivity contribution in [2.24, 2.45) is 0 Å². The van der Waals surface area contributed by atoms with Gasteiger partial charge in [-0.1, -0.05) is 0 Å². The van der Waals surface area contributed by atoms with E-state index in [0.29, 0.717) is 25.8 Å². The van der Waals surface area contributed by atoms with Crippen molar-refractivity contribution in [3.05, 3.63) is 0 Å². The number of sulfone groups is 1. The van der Waals surface area contributed by atoms with Crippen LogP contribution in [0.25, 0.3) is 0 Å². The molecule has 7 heteroatoms. The Bertz CT molecular complexity index is 430. The van der Waals surface area contributed by atoms with Gasteiger partial charge in [-0.25, -0.2) is 8.42 Å². The number of hydrogen-bond donors (Lipinski definition) is 2. The summed E-state index contributed by atoms with van der Waals surface area (Å²) in [6, 6.07) is -0.00723. The Morgan fingerprint density at radius 1 is 1.25 bits per heavy atom. The van der Waals surface area contributed by atoms with Crippen molar-refractivity contribution in [1.29, 1.82) is 0 Å². The molecule has 2 fully saturated rings. The van der Waals surface area contributed by atoms with Crippen LogP contribution >= 0.6 is 0 Å². The molecule has 0 radical (unpaired) electrons. The average Bonchev–Trinajstić information content (AvgIpc) is 2.67. The van der Waals surface area contributed by atoms with Gasteiger partial charge in [0.2, 0.25) is 5.91 Å². The van der Waals surface area contributed by atoms with Gasteiger partial charge < -0.3 is 15.5 Å². The molecule has 2 unspecified atom stereocenters. The number of piperidine rings is 1. The summed E-state index contributed by atoms with van der Waals surface area (Å²) in [6.45, 7) is 4.03. The van der Waals surface area contributed by atoms with Crippen LogP contribution in [0, 0.1) is 0 Å². The summed E-state index contributed by atoms with van der Waals surface area (Å²) < 4.78 is 23.3. The van der Waals surface area contributed by atoms with E-state index in [1.807, 2.05) is 4.90 Å². The van der Waals surface area contributed by atoms with Crippen LogP contribution in [0.4, 0.5) is 0 Å². The maximum Gasteiger partial charge on any atom is 0.224 e. The molecule has 2 aliphatic heterocycles. The molecular weight excluding hydrogens is 278 g/mol. The van der Waals surface area contributed by atoms with Crippen molar-refractivity contribution in [3.63, 3.8) is 0 Å². The van der Waals surface area contributed by atoms with Gasteiger partial charge in [0.05, 0.1) is 5.25 Å². The lowest BCUT2D eigenvalue weighted by atomic mass is 10.0. The largest absolute Gasteiger partial charge is 0.341 e. The standard InChI is InChI=1S/C13H25N3O3S/c1-20(18,19)12-3-5-15-11(9-12)10-13(17)16-7-2-4-14-6-8-16/h11-12,14-15H,2-10H2,1H3. The number of rotatable bonds is 3. The molecule has 0 bridgehead atoms. The van der Waals surface area contributed by atoms with Crippen molar-refractivity contribution >= 4 is 15.7 Å². The van der Waals surface area contributed by atoms with Crippen LogP contribution in [0.3, 0.4) is 0 Å². The molecule has 0 aromatic rings. The van der Waals surface area contributed by atoms with E-state index in [2.05, 4.69) is 10.6 Å². The van der Waals surface area contributed by atoms with Crippen molar-refractivity contribution in [3.8, 4) is 0 Å². The normalized spacial score (nSPS) is 28.9. The molecule has 0 aromatic heterocycles. The van der Waals surface area contributed by atoms with Crippen LogP contribution in [0.1, 0.15) is 25.7 Å². The second kappa shape index (κ2) is 6.87. The molecule has 2 heterocycles. The fourth-order valence-corrected chi connectivity index (χ4v) is 4.07. The number of amides is 1. The van der Waals surface area contributed by atoms with Gasteiger partial charge in [0.1, 0.15) is 9.84 Å². The molecule has 20 heavy (non-hydrogen) atoms. The molecule has 2 rings (SSSR count). The highest BCUT2D eigenvalue weighted by Gasteiger charge is 2.30. The summed E-state index contributed by atoms with van der Waals surface area (Å²) >= 11 is 0. The number of carbonyl (C=O) groups is 1. The molecule has 0 spiro atoms. The van der Waals surface area contributed by atoms with E-state index in [1.54, 1.807) is 0 Å². The predicted octanol–water partition coefficient (Wildman–Crippen LogP) is -0.636. The molecule has 1 amide bonds. The zero-order valence-corrected chi connectivity index (χ0v) is 12.9. The number of nitrogens with zero attached hydrogens (tertiary/aromatic N) is 1. The second-order valence-electron chi connectivity index (χ2n) is 5.82. The van der Waals surface area contributed by atoms with E-state index < -0.39 is 9.84 Å². The van der Waals surface area contributed by atoms with E-state index in [1.165, 1.54) is 6.26 Å². The Labute approximate surface area is 121 Å². The minimum absolute atomic E-state index is 0.00723. The Hall–Kier alpha value is -0.660. The lowest BCUT2D eigenvalue weighted by Crippen LogP contribution is -2.46. The van der Waals surface area contributed by atoms with Crippen molar-refractivity contribution in [1.82, 2.24) is 15.5 Å². The highest BCUT2D eigenvalue weighted by Crippen LogP contribution is 2.18. The molecule has 116 valence electrons. The Morgan fingerprint density at radius 3 is 2.80 bits per heavy atom. The molecule has 0 aromatic carbocycles. The fourth-order valence-electron chi connectivity index (χ4n) is 2.95. The molecule has 2 saturated heterocycles. The van der Waals surface area contributed by atoms with Gasteiger partial charge in [-0.2, -0.15) is 0 Å². The van der Waals surface area contributed by atoms with Gasteiger partial charge >= 0.3 is 0 Å². The maximum atomic E-state index is 12.3. The van der Waals surface area contributed by atoms with Gasteiger partial charge in [0.25, 0.3) is 0 Å². The van der Waals surface area contributed by atoms with Crippen LogP contribution < -0.4 is 10.6 Å². The smallest absolute Gasteiger partial charge is 0.224 e. The van der Waals surface area contributed by atoms with Crippen LogP contribution in [0.15, 0.2) is 0 Å². The van der Waals surface area contributed by atoms with E-state index in [4.69, 9.17) is 0 Å². The summed E-state index contributed by atoms with van der Waals surface area (Å²) in [6.07, 6.45) is 3.89. The molecule has 6 nitrogen and oxygen atoms in total. The maximum absolute atomic E-state index is 12.3. The second-order valence-corrected chi connectivity index (χ2v) is 8.14. The van der Waals surface area contributed by atoms with Gasteiger partial charge in [-0.15, -0.1) is 0 Å². The minimum atomic E-state index is -3.00. The van der Waals surface area contributed by atoms with Crippen molar-refractivity contribution in [2.75, 3.05) is 39.0 Å². The summed E-state index contributed by atoms with van der Waals surface area (Å²) in [5.74, 6) is 0.139. The highest BCUT2D eigenvalue weighted by atomic mass is 32.2. The topological polar surface area (TPSA) is 78.5 Å². The summed E-state index contributed by atoms with van der Waals surface area (Å²) in [4.78, 5) is 14.2. The third kappa shape index (κ3) is 4.43. The van der Waals surface area contributed by atoms with Gasteiger partial charge in [-0.3, -0.25) is 4.79 Å².